The van der Waals surface area contributed by atoms with E-state index < -0.39 is 0 Å². The molecule has 1 unspecified atom stereocenters. The molecule has 0 aromatic heterocycles. The number of carbonyl (C=O) groups excluding carboxylic acids is 1. The summed E-state index contributed by atoms with van der Waals surface area (Å²) in [4.78, 5) is 19.3. The van der Waals surface area contributed by atoms with Gasteiger partial charge in [0.25, 0.3) is 5.91 Å². The zero-order valence-corrected chi connectivity index (χ0v) is 12.9. The molecule has 0 spiro atoms. The van der Waals surface area contributed by atoms with Crippen LogP contribution in [-0.2, 0) is 0 Å². The minimum atomic E-state index is 0.0251. The van der Waals surface area contributed by atoms with Gasteiger partial charge in [-0.2, -0.15) is 0 Å². The van der Waals surface area contributed by atoms with E-state index in [0.717, 1.165) is 27.7 Å². The Hall–Kier alpha value is -2.36. The second-order valence-electron chi connectivity index (χ2n) is 6.38. The average molecular weight is 294 g/mol. The van der Waals surface area contributed by atoms with Crippen LogP contribution in [0.5, 0.6) is 5.75 Å². The van der Waals surface area contributed by atoms with Gasteiger partial charge in [-0.05, 0) is 48.2 Å². The average Bonchev–Trinajstić information content (AvgIpc) is 2.76. The van der Waals surface area contributed by atoms with Gasteiger partial charge in [0.2, 0.25) is 0 Å². The Kier molecular flexibility index (Phi) is 2.61. The number of hydrogen-bond donors (Lipinski definition) is 1. The summed E-state index contributed by atoms with van der Waals surface area (Å²) < 4.78 is 0. The number of amidine groups is 1. The number of benzene rings is 2. The molecule has 4 nitrogen and oxygen atoms in total. The number of amides is 1. The van der Waals surface area contributed by atoms with E-state index in [-0.39, 0.29) is 17.7 Å². The highest BCUT2D eigenvalue weighted by atomic mass is 16.3. The van der Waals surface area contributed by atoms with E-state index in [9.17, 15) is 9.90 Å². The van der Waals surface area contributed by atoms with E-state index in [2.05, 4.69) is 13.8 Å². The van der Waals surface area contributed by atoms with Gasteiger partial charge in [0.05, 0.1) is 11.6 Å². The molecule has 2 aromatic carbocycles. The zero-order chi connectivity index (χ0) is 15.6. The SMILES string of the molecule is Cc1c(O)ccc2ccc3c(c12)C1=NC(C)[C@H](C)CN1C3=O. The van der Waals surface area contributed by atoms with Gasteiger partial charge in [-0.15, -0.1) is 0 Å². The van der Waals surface area contributed by atoms with Crippen molar-refractivity contribution in [2.24, 2.45) is 10.9 Å². The van der Waals surface area contributed by atoms with Crippen LogP contribution in [0.15, 0.2) is 29.3 Å². The van der Waals surface area contributed by atoms with E-state index in [4.69, 9.17) is 4.99 Å². The number of nitrogens with zero attached hydrogens (tertiary/aromatic N) is 2. The van der Waals surface area contributed by atoms with Gasteiger partial charge in [-0.3, -0.25) is 14.7 Å². The van der Waals surface area contributed by atoms with Crippen LogP contribution in [0.4, 0.5) is 0 Å². The molecule has 2 aliphatic rings. The van der Waals surface area contributed by atoms with E-state index in [0.29, 0.717) is 18.0 Å². The summed E-state index contributed by atoms with van der Waals surface area (Å²) >= 11 is 0. The maximum atomic E-state index is 12.7. The van der Waals surface area contributed by atoms with Crippen molar-refractivity contribution in [1.82, 2.24) is 4.90 Å². The number of phenols is 1. The molecule has 0 aliphatic carbocycles. The first-order chi connectivity index (χ1) is 10.5. The van der Waals surface area contributed by atoms with Gasteiger partial charge in [0.1, 0.15) is 11.6 Å². The molecule has 2 atom stereocenters. The normalized spacial score (nSPS) is 23.5. The first-order valence-corrected chi connectivity index (χ1v) is 7.64. The minimum Gasteiger partial charge on any atom is -0.508 e. The maximum Gasteiger partial charge on any atom is 0.260 e. The van der Waals surface area contributed by atoms with Crippen LogP contribution in [0.2, 0.25) is 0 Å². The largest absolute Gasteiger partial charge is 0.508 e. The number of aryl methyl sites for hydroxylation is 1. The van der Waals surface area contributed by atoms with E-state index >= 15 is 0 Å². The first-order valence-electron chi connectivity index (χ1n) is 7.64. The van der Waals surface area contributed by atoms with Crippen molar-refractivity contribution < 1.29 is 9.90 Å². The van der Waals surface area contributed by atoms with E-state index in [1.165, 1.54) is 0 Å². The standard InChI is InChI=1S/C18H18N2O2/c1-9-8-20-17(19-11(9)3)16-13(18(20)22)6-4-12-5-7-14(21)10(2)15(12)16/h4-7,9,11,21H,8H2,1-3H3/t9-,11?/m1/s1. The summed E-state index contributed by atoms with van der Waals surface area (Å²) in [5.41, 5.74) is 2.38. The molecule has 112 valence electrons. The summed E-state index contributed by atoms with van der Waals surface area (Å²) in [6.45, 7) is 6.80. The summed E-state index contributed by atoms with van der Waals surface area (Å²) in [7, 11) is 0. The Morgan fingerprint density at radius 1 is 1.23 bits per heavy atom. The molecular weight excluding hydrogens is 276 g/mol. The van der Waals surface area contributed by atoms with Crippen LogP contribution in [0.3, 0.4) is 0 Å². The Bertz CT molecular complexity index is 854. The van der Waals surface area contributed by atoms with Crippen molar-refractivity contribution in [3.05, 3.63) is 41.0 Å². The second-order valence-corrected chi connectivity index (χ2v) is 6.38. The van der Waals surface area contributed by atoms with Gasteiger partial charge in [-0.1, -0.05) is 19.1 Å². The highest BCUT2D eigenvalue weighted by Gasteiger charge is 2.39. The van der Waals surface area contributed by atoms with Crippen molar-refractivity contribution in [2.45, 2.75) is 26.8 Å². The summed E-state index contributed by atoms with van der Waals surface area (Å²) in [6.07, 6.45) is 0. The smallest absolute Gasteiger partial charge is 0.260 e. The summed E-state index contributed by atoms with van der Waals surface area (Å²) in [5, 5.41) is 12.0. The molecule has 1 amide bonds. The first kappa shape index (κ1) is 13.3. The van der Waals surface area contributed by atoms with Crippen LogP contribution in [-0.4, -0.2) is 34.3 Å². The quantitative estimate of drug-likeness (QED) is 0.811. The highest BCUT2D eigenvalue weighted by molar-refractivity contribution is 6.29. The predicted molar refractivity (Wildman–Crippen MR) is 86.5 cm³/mol. The fourth-order valence-electron chi connectivity index (χ4n) is 3.43. The Morgan fingerprint density at radius 3 is 2.73 bits per heavy atom. The molecule has 2 aliphatic heterocycles. The molecule has 0 bridgehead atoms. The fourth-order valence-corrected chi connectivity index (χ4v) is 3.43. The molecule has 2 heterocycles. The Balaban J connectivity index is 2.09. The molecule has 4 heteroatoms. The molecule has 1 N–H and O–H groups in total. The number of phenolic OH excluding ortho intramolecular Hbond substituents is 1. The van der Waals surface area contributed by atoms with Crippen LogP contribution in [0.1, 0.15) is 35.3 Å². The number of hydrogen-bond acceptors (Lipinski definition) is 3. The topological polar surface area (TPSA) is 52.9 Å². The lowest BCUT2D eigenvalue weighted by atomic mass is 9.95. The number of aliphatic imine (C=N–C) groups is 1. The van der Waals surface area contributed by atoms with E-state index in [1.807, 2.05) is 25.1 Å². The molecule has 22 heavy (non-hydrogen) atoms. The lowest BCUT2D eigenvalue weighted by molar-refractivity contribution is 0.0834. The maximum absolute atomic E-state index is 12.7. The Labute approximate surface area is 129 Å². The number of rotatable bonds is 0. The van der Waals surface area contributed by atoms with Gasteiger partial charge < -0.3 is 5.11 Å². The summed E-state index contributed by atoms with van der Waals surface area (Å²) in [5.74, 6) is 1.40. The lowest BCUT2D eigenvalue weighted by Gasteiger charge is -2.30. The molecule has 0 radical (unpaired) electrons. The zero-order valence-electron chi connectivity index (χ0n) is 12.9. The van der Waals surface area contributed by atoms with Crippen molar-refractivity contribution in [3.8, 4) is 5.75 Å². The van der Waals surface area contributed by atoms with Gasteiger partial charge >= 0.3 is 0 Å². The van der Waals surface area contributed by atoms with Gasteiger partial charge in [0.15, 0.2) is 0 Å². The minimum absolute atomic E-state index is 0.0251. The fraction of sp³-hybridized carbons (Fsp3) is 0.333. The third kappa shape index (κ3) is 1.58. The Morgan fingerprint density at radius 2 is 1.95 bits per heavy atom. The molecule has 2 aromatic rings. The van der Waals surface area contributed by atoms with Gasteiger partial charge in [-0.25, -0.2) is 0 Å². The number of fused-ring (bicyclic) bond motifs is 5. The van der Waals surface area contributed by atoms with Crippen molar-refractivity contribution >= 4 is 22.5 Å². The van der Waals surface area contributed by atoms with E-state index in [1.54, 1.807) is 11.0 Å². The molecular formula is C18H18N2O2. The molecule has 0 saturated heterocycles. The predicted octanol–water partition coefficient (Wildman–Crippen LogP) is 3.09. The lowest BCUT2D eigenvalue weighted by Crippen LogP contribution is -2.41. The van der Waals surface area contributed by atoms with Crippen LogP contribution >= 0.6 is 0 Å². The third-order valence-electron chi connectivity index (χ3n) is 4.99. The molecule has 0 saturated carbocycles. The molecule has 4 rings (SSSR count). The van der Waals surface area contributed by atoms with Gasteiger partial charge in [0, 0.05) is 12.1 Å². The highest BCUT2D eigenvalue weighted by Crippen LogP contribution is 2.37. The number of carbonyl (C=O) groups is 1. The second kappa shape index (κ2) is 4.32. The van der Waals surface area contributed by atoms with Crippen LogP contribution in [0.25, 0.3) is 10.8 Å². The molecule has 0 fully saturated rings. The van der Waals surface area contributed by atoms with Crippen molar-refractivity contribution in [2.75, 3.05) is 6.54 Å². The monoisotopic (exact) mass is 294 g/mol. The summed E-state index contributed by atoms with van der Waals surface area (Å²) in [6, 6.07) is 7.61. The van der Waals surface area contributed by atoms with Crippen molar-refractivity contribution in [3.63, 3.8) is 0 Å². The van der Waals surface area contributed by atoms with Crippen LogP contribution < -0.4 is 0 Å². The van der Waals surface area contributed by atoms with Crippen LogP contribution in [0, 0.1) is 12.8 Å². The number of aromatic hydroxyl groups is 1. The third-order valence-corrected chi connectivity index (χ3v) is 4.99. The van der Waals surface area contributed by atoms with Crippen molar-refractivity contribution in [1.29, 1.82) is 0 Å².